The van der Waals surface area contributed by atoms with Gasteiger partial charge in [0.15, 0.2) is 5.75 Å². The lowest BCUT2D eigenvalue weighted by molar-refractivity contribution is -0.144. The summed E-state index contributed by atoms with van der Waals surface area (Å²) < 4.78 is 10.6. The molecule has 1 heterocycles. The number of rotatable bonds is 10. The molecule has 0 radical (unpaired) electrons. The van der Waals surface area contributed by atoms with E-state index < -0.39 is 22.9 Å². The zero-order valence-electron chi connectivity index (χ0n) is 20.1. The first kappa shape index (κ1) is 25.2. The molecule has 0 unspecified atom stereocenters. The second-order valence-corrected chi connectivity index (χ2v) is 8.91. The minimum atomic E-state index is -0.875. The highest BCUT2D eigenvalue weighted by atomic mass is 35.5. The number of carbonyl (C=O) groups is 1. The Morgan fingerprint density at radius 3 is 2.47 bits per heavy atom. The summed E-state index contributed by atoms with van der Waals surface area (Å²) in [5, 5.41) is 8.45. The van der Waals surface area contributed by atoms with Crippen LogP contribution in [0.3, 0.4) is 0 Å². The topological polar surface area (TPSA) is 107 Å². The molecular formula is C27H26ClN3O5. The summed E-state index contributed by atoms with van der Waals surface area (Å²) in [4.78, 5) is 41.1. The van der Waals surface area contributed by atoms with Crippen LogP contribution >= 0.6 is 11.6 Å². The maximum atomic E-state index is 12.6. The van der Waals surface area contributed by atoms with Crippen molar-refractivity contribution in [3.05, 3.63) is 85.8 Å². The number of anilines is 3. The Labute approximate surface area is 212 Å². The van der Waals surface area contributed by atoms with Crippen molar-refractivity contribution in [1.82, 2.24) is 4.98 Å². The predicted molar refractivity (Wildman–Crippen MR) is 141 cm³/mol. The van der Waals surface area contributed by atoms with E-state index in [0.717, 1.165) is 22.0 Å². The Balaban J connectivity index is 1.53. The summed E-state index contributed by atoms with van der Waals surface area (Å²) >= 11 is 6.18. The molecule has 0 fully saturated rings. The molecular weight excluding hydrogens is 482 g/mol. The van der Waals surface area contributed by atoms with Gasteiger partial charge in [-0.1, -0.05) is 48.0 Å². The molecule has 9 heteroatoms. The SMILES string of the molecule is CCOC(=O)[C@H](Cc1ccc(Nc2nc(Cl)cc3ccccc23)cc1)Nc1c(OC(C)C)c(=O)c1=O. The van der Waals surface area contributed by atoms with Crippen molar-refractivity contribution in [1.29, 1.82) is 0 Å². The molecule has 1 aromatic heterocycles. The highest BCUT2D eigenvalue weighted by Crippen LogP contribution is 2.28. The normalized spacial score (nSPS) is 12.0. The van der Waals surface area contributed by atoms with Crippen molar-refractivity contribution in [2.45, 2.75) is 39.3 Å². The van der Waals surface area contributed by atoms with Gasteiger partial charge in [0.25, 0.3) is 10.9 Å². The summed E-state index contributed by atoms with van der Waals surface area (Å²) in [5.74, 6) is 0.0534. The molecule has 8 nitrogen and oxygen atoms in total. The molecule has 186 valence electrons. The van der Waals surface area contributed by atoms with Gasteiger partial charge in [0.2, 0.25) is 0 Å². The molecule has 2 N–H and O–H groups in total. The minimum Gasteiger partial charge on any atom is -0.485 e. The molecule has 0 aliphatic rings. The largest absolute Gasteiger partial charge is 0.485 e. The van der Waals surface area contributed by atoms with Crippen molar-refractivity contribution >= 4 is 45.5 Å². The van der Waals surface area contributed by atoms with Crippen LogP contribution in [0.2, 0.25) is 5.15 Å². The van der Waals surface area contributed by atoms with Crippen molar-refractivity contribution in [2.24, 2.45) is 0 Å². The lowest BCUT2D eigenvalue weighted by Gasteiger charge is -2.22. The molecule has 0 aliphatic heterocycles. The van der Waals surface area contributed by atoms with Crippen LogP contribution < -0.4 is 26.2 Å². The van der Waals surface area contributed by atoms with Gasteiger partial charge in [-0.25, -0.2) is 9.78 Å². The van der Waals surface area contributed by atoms with Crippen molar-refractivity contribution in [2.75, 3.05) is 17.2 Å². The lowest BCUT2D eigenvalue weighted by atomic mass is 10.0. The van der Waals surface area contributed by atoms with Crippen LogP contribution in [0.5, 0.6) is 5.75 Å². The monoisotopic (exact) mass is 507 g/mol. The van der Waals surface area contributed by atoms with E-state index in [1.54, 1.807) is 26.8 Å². The zero-order chi connectivity index (χ0) is 25.8. The summed E-state index contributed by atoms with van der Waals surface area (Å²) in [6, 6.07) is 16.2. The van der Waals surface area contributed by atoms with Gasteiger partial charge in [0.05, 0.1) is 12.7 Å². The highest BCUT2D eigenvalue weighted by molar-refractivity contribution is 6.30. The first-order valence-corrected chi connectivity index (χ1v) is 12.0. The second-order valence-electron chi connectivity index (χ2n) is 8.52. The summed E-state index contributed by atoms with van der Waals surface area (Å²) in [6.07, 6.45) is -0.0572. The summed E-state index contributed by atoms with van der Waals surface area (Å²) in [7, 11) is 0. The van der Waals surface area contributed by atoms with E-state index in [9.17, 15) is 14.4 Å². The Bertz CT molecular complexity index is 1460. The molecule has 0 bridgehead atoms. The smallest absolute Gasteiger partial charge is 0.328 e. The van der Waals surface area contributed by atoms with Gasteiger partial charge >= 0.3 is 5.97 Å². The fraction of sp³-hybridized carbons (Fsp3) is 0.259. The number of esters is 1. The van der Waals surface area contributed by atoms with Gasteiger partial charge in [-0.15, -0.1) is 0 Å². The van der Waals surface area contributed by atoms with Gasteiger partial charge in [-0.3, -0.25) is 9.59 Å². The molecule has 4 aromatic rings. The number of nitrogens with zero attached hydrogens (tertiary/aromatic N) is 1. The molecule has 0 spiro atoms. The van der Waals surface area contributed by atoms with Gasteiger partial charge < -0.3 is 20.1 Å². The first-order valence-electron chi connectivity index (χ1n) is 11.6. The van der Waals surface area contributed by atoms with E-state index in [-0.39, 0.29) is 30.6 Å². The number of hydrogen-bond acceptors (Lipinski definition) is 8. The maximum absolute atomic E-state index is 12.6. The van der Waals surface area contributed by atoms with Crippen molar-refractivity contribution < 1.29 is 14.3 Å². The Kier molecular flexibility index (Phi) is 7.55. The number of pyridine rings is 1. The standard InChI is InChI=1S/C27H26ClN3O5/c1-4-35-27(34)20(30-22-23(32)24(33)25(22)36-15(2)3)13-16-9-11-18(12-10-16)29-26-19-8-6-5-7-17(19)14-21(28)31-26/h5-12,14-15,20,30H,4,13H2,1-3H3,(H,29,31)/t20-/m0/s1. The molecule has 4 rings (SSSR count). The Morgan fingerprint density at radius 2 is 1.78 bits per heavy atom. The molecule has 3 aromatic carbocycles. The quantitative estimate of drug-likeness (QED) is 0.182. The zero-order valence-corrected chi connectivity index (χ0v) is 20.9. The lowest BCUT2D eigenvalue weighted by Crippen LogP contribution is -2.42. The number of benzene rings is 2. The fourth-order valence-electron chi connectivity index (χ4n) is 3.82. The number of carbonyl (C=O) groups excluding carboxylic acids is 1. The molecule has 0 saturated heterocycles. The average Bonchev–Trinajstić information content (AvgIpc) is 2.86. The van der Waals surface area contributed by atoms with Crippen LogP contribution in [-0.2, 0) is 16.0 Å². The van der Waals surface area contributed by atoms with E-state index in [4.69, 9.17) is 21.1 Å². The van der Waals surface area contributed by atoms with Gasteiger partial charge in [0.1, 0.15) is 22.7 Å². The number of halogens is 1. The molecule has 0 saturated carbocycles. The first-order chi connectivity index (χ1) is 17.3. The average molecular weight is 508 g/mol. The van der Waals surface area contributed by atoms with Gasteiger partial charge in [-0.05, 0) is 49.9 Å². The number of hydrogen-bond donors (Lipinski definition) is 2. The summed E-state index contributed by atoms with van der Waals surface area (Å²) in [5.41, 5.74) is 0.200. The van der Waals surface area contributed by atoms with Crippen LogP contribution in [0.15, 0.2) is 64.2 Å². The summed E-state index contributed by atoms with van der Waals surface area (Å²) in [6.45, 7) is 5.39. The van der Waals surface area contributed by atoms with Crippen LogP contribution in [0.25, 0.3) is 10.8 Å². The number of ether oxygens (including phenoxy) is 2. The Hall–Kier alpha value is -3.91. The van der Waals surface area contributed by atoms with E-state index in [1.165, 1.54) is 0 Å². The van der Waals surface area contributed by atoms with Crippen molar-refractivity contribution in [3.8, 4) is 5.75 Å². The Morgan fingerprint density at radius 1 is 1.06 bits per heavy atom. The molecule has 0 aliphatic carbocycles. The predicted octanol–water partition coefficient (Wildman–Crippen LogP) is 4.60. The highest BCUT2D eigenvalue weighted by Gasteiger charge is 2.29. The van der Waals surface area contributed by atoms with Crippen LogP contribution in [-0.4, -0.2) is 29.7 Å². The maximum Gasteiger partial charge on any atom is 0.328 e. The molecule has 36 heavy (non-hydrogen) atoms. The molecule has 1 atom stereocenters. The van der Waals surface area contributed by atoms with E-state index >= 15 is 0 Å². The second kappa shape index (κ2) is 10.8. The van der Waals surface area contributed by atoms with Gasteiger partial charge in [0, 0.05) is 17.5 Å². The fourth-order valence-corrected chi connectivity index (χ4v) is 4.02. The van der Waals surface area contributed by atoms with Crippen LogP contribution in [0.1, 0.15) is 26.3 Å². The van der Waals surface area contributed by atoms with Crippen LogP contribution in [0.4, 0.5) is 17.2 Å². The minimum absolute atomic E-state index is 0.00366. The third-order valence-electron chi connectivity index (χ3n) is 5.48. The van der Waals surface area contributed by atoms with E-state index in [1.807, 2.05) is 48.5 Å². The molecule has 0 amide bonds. The number of aromatic nitrogens is 1. The third-order valence-corrected chi connectivity index (χ3v) is 5.67. The number of fused-ring (bicyclic) bond motifs is 1. The van der Waals surface area contributed by atoms with Gasteiger partial charge in [-0.2, -0.15) is 0 Å². The van der Waals surface area contributed by atoms with Crippen LogP contribution in [0, 0.1) is 0 Å². The number of nitrogens with one attached hydrogen (secondary N) is 2. The third kappa shape index (κ3) is 5.49. The van der Waals surface area contributed by atoms with Crippen molar-refractivity contribution in [3.63, 3.8) is 0 Å². The van der Waals surface area contributed by atoms with E-state index in [0.29, 0.717) is 11.0 Å². The van der Waals surface area contributed by atoms with E-state index in [2.05, 4.69) is 15.6 Å².